The van der Waals surface area contributed by atoms with Crippen LogP contribution in [-0.4, -0.2) is 12.2 Å². The highest BCUT2D eigenvalue weighted by atomic mass is 19.2. The first-order valence-corrected chi connectivity index (χ1v) is 7.30. The van der Waals surface area contributed by atoms with Gasteiger partial charge in [0, 0.05) is 0 Å². The number of halogens is 2. The molecule has 2 unspecified atom stereocenters. The molecule has 0 spiro atoms. The summed E-state index contributed by atoms with van der Waals surface area (Å²) in [7, 11) is 0. The van der Waals surface area contributed by atoms with Crippen molar-refractivity contribution in [3.63, 3.8) is 0 Å². The average molecular weight is 286 g/mol. The molecule has 0 aliphatic rings. The Morgan fingerprint density at radius 2 is 1.50 bits per heavy atom. The lowest BCUT2D eigenvalue weighted by Crippen LogP contribution is -2.16. The summed E-state index contributed by atoms with van der Waals surface area (Å²) in [5.41, 5.74) is 0. The summed E-state index contributed by atoms with van der Waals surface area (Å²) in [4.78, 5) is 0. The Balaban J connectivity index is 2.95. The summed E-state index contributed by atoms with van der Waals surface area (Å²) < 4.78 is 38.5. The molecule has 2 nitrogen and oxygen atoms in total. The van der Waals surface area contributed by atoms with Crippen LogP contribution in [0.25, 0.3) is 0 Å². The molecule has 0 aliphatic carbocycles. The van der Waals surface area contributed by atoms with E-state index in [4.69, 9.17) is 9.47 Å². The zero-order valence-electron chi connectivity index (χ0n) is 12.7. The summed E-state index contributed by atoms with van der Waals surface area (Å²) in [6.07, 6.45) is 3.27. The highest BCUT2D eigenvalue weighted by Gasteiger charge is 2.19. The molecule has 114 valence electrons. The van der Waals surface area contributed by atoms with Crippen LogP contribution in [-0.2, 0) is 0 Å². The SMILES string of the molecule is CCCC(C)Oc1ccc(F)c(F)c1OC(C)CCC. The molecule has 0 bridgehead atoms. The number of ether oxygens (including phenoxy) is 2. The molecule has 0 aliphatic heterocycles. The standard InChI is InChI=1S/C16H24F2O2/c1-5-7-11(3)19-14-10-9-13(17)15(18)16(14)20-12(4)8-6-2/h9-12H,5-8H2,1-4H3. The van der Waals surface area contributed by atoms with Crippen LogP contribution in [0.3, 0.4) is 0 Å². The molecule has 0 radical (unpaired) electrons. The molecule has 0 heterocycles. The van der Waals surface area contributed by atoms with Gasteiger partial charge in [0.05, 0.1) is 12.2 Å². The lowest BCUT2D eigenvalue weighted by atomic mass is 10.2. The molecule has 1 rings (SSSR count). The van der Waals surface area contributed by atoms with Gasteiger partial charge in [0.15, 0.2) is 11.6 Å². The van der Waals surface area contributed by atoms with E-state index in [2.05, 4.69) is 0 Å². The Morgan fingerprint density at radius 1 is 0.950 bits per heavy atom. The van der Waals surface area contributed by atoms with E-state index >= 15 is 0 Å². The van der Waals surface area contributed by atoms with E-state index in [-0.39, 0.29) is 23.7 Å². The molecule has 1 aromatic rings. The summed E-state index contributed by atoms with van der Waals surface area (Å²) in [5, 5.41) is 0. The maximum atomic E-state index is 13.9. The highest BCUT2D eigenvalue weighted by Crippen LogP contribution is 2.34. The van der Waals surface area contributed by atoms with Crippen molar-refractivity contribution in [2.75, 3.05) is 0 Å². The smallest absolute Gasteiger partial charge is 0.204 e. The minimum atomic E-state index is -0.978. The molecule has 0 fully saturated rings. The second kappa shape index (κ2) is 8.08. The van der Waals surface area contributed by atoms with E-state index < -0.39 is 11.6 Å². The van der Waals surface area contributed by atoms with Gasteiger partial charge in [-0.3, -0.25) is 0 Å². The second-order valence-electron chi connectivity index (χ2n) is 5.12. The Labute approximate surface area is 120 Å². The van der Waals surface area contributed by atoms with Crippen molar-refractivity contribution in [3.8, 4) is 11.5 Å². The van der Waals surface area contributed by atoms with Gasteiger partial charge in [0.1, 0.15) is 0 Å². The van der Waals surface area contributed by atoms with Crippen molar-refractivity contribution >= 4 is 0 Å². The van der Waals surface area contributed by atoms with Crippen molar-refractivity contribution in [2.45, 2.75) is 65.6 Å². The molecule has 0 amide bonds. The van der Waals surface area contributed by atoms with Gasteiger partial charge >= 0.3 is 0 Å². The largest absolute Gasteiger partial charge is 0.487 e. The van der Waals surface area contributed by atoms with Crippen LogP contribution in [0, 0.1) is 11.6 Å². The molecular weight excluding hydrogens is 262 g/mol. The van der Waals surface area contributed by atoms with E-state index in [9.17, 15) is 8.78 Å². The summed E-state index contributed by atoms with van der Waals surface area (Å²) >= 11 is 0. The lowest BCUT2D eigenvalue weighted by molar-refractivity contribution is 0.162. The first-order chi connectivity index (χ1) is 9.49. The van der Waals surface area contributed by atoms with Crippen LogP contribution in [0.5, 0.6) is 11.5 Å². The Kier molecular flexibility index (Phi) is 6.76. The van der Waals surface area contributed by atoms with Crippen molar-refractivity contribution in [2.24, 2.45) is 0 Å². The monoisotopic (exact) mass is 286 g/mol. The van der Waals surface area contributed by atoms with Gasteiger partial charge in [0.25, 0.3) is 0 Å². The van der Waals surface area contributed by atoms with Gasteiger partial charge < -0.3 is 9.47 Å². The minimum absolute atomic E-state index is 0.0614. The number of hydrogen-bond donors (Lipinski definition) is 0. The van der Waals surface area contributed by atoms with Gasteiger partial charge in [0.2, 0.25) is 11.6 Å². The predicted molar refractivity (Wildman–Crippen MR) is 76.4 cm³/mol. The Hall–Kier alpha value is -1.32. The Bertz CT molecular complexity index is 421. The normalized spacial score (nSPS) is 13.9. The molecule has 0 N–H and O–H groups in total. The molecule has 2 atom stereocenters. The van der Waals surface area contributed by atoms with Gasteiger partial charge in [-0.05, 0) is 38.8 Å². The van der Waals surface area contributed by atoms with E-state index in [0.29, 0.717) is 0 Å². The lowest BCUT2D eigenvalue weighted by Gasteiger charge is -2.20. The van der Waals surface area contributed by atoms with Crippen LogP contribution in [0.2, 0.25) is 0 Å². The van der Waals surface area contributed by atoms with Crippen LogP contribution in [0.4, 0.5) is 8.78 Å². The van der Waals surface area contributed by atoms with E-state index in [1.807, 2.05) is 27.7 Å². The molecule has 20 heavy (non-hydrogen) atoms. The van der Waals surface area contributed by atoms with Gasteiger partial charge in [-0.1, -0.05) is 26.7 Å². The van der Waals surface area contributed by atoms with Crippen molar-refractivity contribution < 1.29 is 18.3 Å². The molecule has 0 saturated heterocycles. The highest BCUT2D eigenvalue weighted by molar-refractivity contribution is 5.42. The van der Waals surface area contributed by atoms with Crippen LogP contribution in [0.15, 0.2) is 12.1 Å². The zero-order valence-corrected chi connectivity index (χ0v) is 12.7. The molecular formula is C16H24F2O2. The number of rotatable bonds is 8. The third-order valence-corrected chi connectivity index (χ3v) is 3.05. The quantitative estimate of drug-likeness (QED) is 0.662. The zero-order chi connectivity index (χ0) is 15.1. The predicted octanol–water partition coefficient (Wildman–Crippen LogP) is 5.10. The molecule has 1 aromatic carbocycles. The van der Waals surface area contributed by atoms with Crippen LogP contribution in [0.1, 0.15) is 53.4 Å². The van der Waals surface area contributed by atoms with E-state index in [0.717, 1.165) is 31.7 Å². The topological polar surface area (TPSA) is 18.5 Å². The number of benzene rings is 1. The fourth-order valence-electron chi connectivity index (χ4n) is 2.07. The summed E-state index contributed by atoms with van der Waals surface area (Å²) in [6, 6.07) is 2.50. The maximum Gasteiger partial charge on any atom is 0.204 e. The minimum Gasteiger partial charge on any atom is -0.487 e. The fourth-order valence-corrected chi connectivity index (χ4v) is 2.07. The van der Waals surface area contributed by atoms with Crippen molar-refractivity contribution in [1.29, 1.82) is 0 Å². The third-order valence-electron chi connectivity index (χ3n) is 3.05. The Morgan fingerprint density at radius 3 is 2.05 bits per heavy atom. The van der Waals surface area contributed by atoms with E-state index in [1.54, 1.807) is 0 Å². The maximum absolute atomic E-state index is 13.9. The van der Waals surface area contributed by atoms with Crippen molar-refractivity contribution in [1.82, 2.24) is 0 Å². The molecule has 4 heteroatoms. The van der Waals surface area contributed by atoms with E-state index in [1.165, 1.54) is 6.07 Å². The van der Waals surface area contributed by atoms with Crippen LogP contribution >= 0.6 is 0 Å². The first-order valence-electron chi connectivity index (χ1n) is 7.30. The average Bonchev–Trinajstić information content (AvgIpc) is 2.39. The first kappa shape index (κ1) is 16.7. The van der Waals surface area contributed by atoms with Gasteiger partial charge in [-0.25, -0.2) is 4.39 Å². The van der Waals surface area contributed by atoms with Crippen LogP contribution < -0.4 is 9.47 Å². The third kappa shape index (κ3) is 4.66. The fraction of sp³-hybridized carbons (Fsp3) is 0.625. The molecule has 0 aromatic heterocycles. The summed E-state index contributed by atoms with van der Waals surface area (Å²) in [5.74, 6) is -1.74. The van der Waals surface area contributed by atoms with Gasteiger partial charge in [-0.15, -0.1) is 0 Å². The summed E-state index contributed by atoms with van der Waals surface area (Å²) in [6.45, 7) is 7.81. The van der Waals surface area contributed by atoms with Crippen molar-refractivity contribution in [3.05, 3.63) is 23.8 Å². The number of hydrogen-bond acceptors (Lipinski definition) is 2. The van der Waals surface area contributed by atoms with Gasteiger partial charge in [-0.2, -0.15) is 4.39 Å². The second-order valence-corrected chi connectivity index (χ2v) is 5.12. The molecule has 0 saturated carbocycles.